The number of aryl methyl sites for hydroxylation is 2. The average Bonchev–Trinajstić information content (AvgIpc) is 2.95. The van der Waals surface area contributed by atoms with Crippen LogP contribution in [0.25, 0.3) is 0 Å². The average molecular weight is 260 g/mol. The first kappa shape index (κ1) is 11.7. The molecule has 4 heteroatoms. The molecule has 1 heterocycles. The fourth-order valence-corrected chi connectivity index (χ4v) is 3.52. The predicted octanol–water partition coefficient (Wildman–Crippen LogP) is 2.61. The lowest BCUT2D eigenvalue weighted by atomic mass is 9.93. The van der Waals surface area contributed by atoms with Crippen molar-refractivity contribution in [2.24, 2.45) is 5.73 Å². The molecule has 0 fully saturated rings. The van der Waals surface area contributed by atoms with Crippen LogP contribution in [0.1, 0.15) is 28.2 Å². The van der Waals surface area contributed by atoms with Crippen molar-refractivity contribution in [2.75, 3.05) is 7.11 Å². The maximum absolute atomic E-state index is 6.62. The molecule has 0 saturated carbocycles. The van der Waals surface area contributed by atoms with Crippen LogP contribution in [-0.4, -0.2) is 12.1 Å². The van der Waals surface area contributed by atoms with Gasteiger partial charge in [0.1, 0.15) is 10.8 Å². The molecule has 0 spiro atoms. The second-order valence-electron chi connectivity index (χ2n) is 4.79. The molecule has 0 aliphatic heterocycles. The number of fused-ring (bicyclic) bond motifs is 1. The van der Waals surface area contributed by atoms with Crippen LogP contribution in [0.5, 0.6) is 5.75 Å². The number of nitrogens with two attached hydrogens (primary N) is 1. The molecular weight excluding hydrogens is 244 g/mol. The summed E-state index contributed by atoms with van der Waals surface area (Å²) in [6.45, 7) is 2.00. The zero-order valence-electron chi connectivity index (χ0n) is 10.6. The zero-order chi connectivity index (χ0) is 12.8. The first-order chi connectivity index (χ1) is 8.63. The van der Waals surface area contributed by atoms with Gasteiger partial charge in [-0.1, -0.05) is 6.07 Å². The van der Waals surface area contributed by atoms with Gasteiger partial charge in [-0.2, -0.15) is 0 Å². The lowest BCUT2D eigenvalue weighted by Gasteiger charge is -2.23. The molecule has 2 aromatic rings. The second-order valence-corrected chi connectivity index (χ2v) is 5.65. The SMILES string of the molecule is COc1ccc2c(c1)C(N)(c1nc(C)cs1)CC2. The van der Waals surface area contributed by atoms with Crippen molar-refractivity contribution in [3.8, 4) is 5.75 Å². The summed E-state index contributed by atoms with van der Waals surface area (Å²) in [4.78, 5) is 4.57. The molecule has 1 unspecified atom stereocenters. The molecule has 0 saturated heterocycles. The standard InChI is InChI=1S/C14H16N2OS/c1-9-8-18-13(16-9)14(15)6-5-10-3-4-11(17-2)7-12(10)14/h3-4,7-8H,5-6,15H2,1-2H3. The minimum absolute atomic E-state index is 0.442. The van der Waals surface area contributed by atoms with E-state index in [0.29, 0.717) is 0 Å². The van der Waals surface area contributed by atoms with Crippen LogP contribution < -0.4 is 10.5 Å². The minimum atomic E-state index is -0.442. The molecule has 0 radical (unpaired) electrons. The van der Waals surface area contributed by atoms with E-state index in [4.69, 9.17) is 10.5 Å². The number of hydrogen-bond donors (Lipinski definition) is 1. The number of ether oxygens (including phenoxy) is 1. The van der Waals surface area contributed by atoms with Crippen molar-refractivity contribution >= 4 is 11.3 Å². The highest BCUT2D eigenvalue weighted by Gasteiger charge is 2.39. The molecule has 94 valence electrons. The van der Waals surface area contributed by atoms with Gasteiger partial charge in [-0.05, 0) is 43.0 Å². The van der Waals surface area contributed by atoms with Crippen molar-refractivity contribution < 1.29 is 4.74 Å². The Morgan fingerprint density at radius 3 is 2.94 bits per heavy atom. The van der Waals surface area contributed by atoms with Crippen LogP contribution in [0.3, 0.4) is 0 Å². The molecular formula is C14H16N2OS. The molecule has 1 aromatic carbocycles. The number of rotatable bonds is 2. The van der Waals surface area contributed by atoms with Gasteiger partial charge in [0, 0.05) is 11.1 Å². The lowest BCUT2D eigenvalue weighted by molar-refractivity contribution is 0.413. The number of methoxy groups -OCH3 is 1. The Balaban J connectivity index is 2.12. The van der Waals surface area contributed by atoms with Gasteiger partial charge in [0.15, 0.2) is 0 Å². The lowest BCUT2D eigenvalue weighted by Crippen LogP contribution is -2.35. The summed E-state index contributed by atoms with van der Waals surface area (Å²) < 4.78 is 5.30. The Kier molecular flexibility index (Phi) is 2.64. The normalized spacial score (nSPS) is 21.9. The molecule has 1 aromatic heterocycles. The topological polar surface area (TPSA) is 48.1 Å². The number of thiazole rings is 1. The maximum Gasteiger partial charge on any atom is 0.119 e. The number of nitrogens with zero attached hydrogens (tertiary/aromatic N) is 1. The van der Waals surface area contributed by atoms with Gasteiger partial charge >= 0.3 is 0 Å². The molecule has 0 amide bonds. The zero-order valence-corrected chi connectivity index (χ0v) is 11.4. The Morgan fingerprint density at radius 2 is 2.28 bits per heavy atom. The molecule has 1 atom stereocenters. The van der Waals surface area contributed by atoms with E-state index in [1.807, 2.05) is 13.0 Å². The van der Waals surface area contributed by atoms with Crippen molar-refractivity contribution in [3.63, 3.8) is 0 Å². The van der Waals surface area contributed by atoms with Gasteiger partial charge in [0.2, 0.25) is 0 Å². The Morgan fingerprint density at radius 1 is 1.44 bits per heavy atom. The summed E-state index contributed by atoms with van der Waals surface area (Å²) in [6.07, 6.45) is 1.93. The Bertz CT molecular complexity index is 593. The molecule has 18 heavy (non-hydrogen) atoms. The van der Waals surface area contributed by atoms with E-state index in [0.717, 1.165) is 34.9 Å². The number of hydrogen-bond acceptors (Lipinski definition) is 4. The largest absolute Gasteiger partial charge is 0.497 e. The van der Waals surface area contributed by atoms with Crippen LogP contribution >= 0.6 is 11.3 Å². The van der Waals surface area contributed by atoms with Gasteiger partial charge in [0.25, 0.3) is 0 Å². The van der Waals surface area contributed by atoms with E-state index >= 15 is 0 Å². The Hall–Kier alpha value is -1.39. The third kappa shape index (κ3) is 1.64. The Labute approximate surface area is 111 Å². The highest BCUT2D eigenvalue weighted by atomic mass is 32.1. The molecule has 3 rings (SSSR count). The third-order valence-corrected chi connectivity index (χ3v) is 4.72. The highest BCUT2D eigenvalue weighted by molar-refractivity contribution is 7.09. The van der Waals surface area contributed by atoms with E-state index in [1.165, 1.54) is 5.56 Å². The monoisotopic (exact) mass is 260 g/mol. The van der Waals surface area contributed by atoms with Crippen molar-refractivity contribution in [3.05, 3.63) is 45.4 Å². The first-order valence-corrected chi connectivity index (χ1v) is 6.90. The van der Waals surface area contributed by atoms with Crippen LogP contribution in [0.2, 0.25) is 0 Å². The second kappa shape index (κ2) is 4.07. The van der Waals surface area contributed by atoms with E-state index in [2.05, 4.69) is 22.5 Å². The van der Waals surface area contributed by atoms with E-state index in [1.54, 1.807) is 18.4 Å². The molecule has 3 nitrogen and oxygen atoms in total. The smallest absolute Gasteiger partial charge is 0.119 e. The van der Waals surface area contributed by atoms with Gasteiger partial charge in [-0.25, -0.2) is 4.98 Å². The molecule has 1 aliphatic carbocycles. The van der Waals surface area contributed by atoms with Gasteiger partial charge in [-0.3, -0.25) is 0 Å². The van der Waals surface area contributed by atoms with Crippen LogP contribution in [0.15, 0.2) is 23.6 Å². The van der Waals surface area contributed by atoms with Gasteiger partial charge < -0.3 is 10.5 Å². The van der Waals surface area contributed by atoms with Crippen LogP contribution in [0.4, 0.5) is 0 Å². The summed E-state index contributed by atoms with van der Waals surface area (Å²) in [6, 6.07) is 6.17. The van der Waals surface area contributed by atoms with E-state index < -0.39 is 5.54 Å². The summed E-state index contributed by atoms with van der Waals surface area (Å²) in [7, 11) is 1.68. The van der Waals surface area contributed by atoms with Crippen LogP contribution in [0, 0.1) is 6.92 Å². The molecule has 2 N–H and O–H groups in total. The highest BCUT2D eigenvalue weighted by Crippen LogP contribution is 2.42. The maximum atomic E-state index is 6.62. The van der Waals surface area contributed by atoms with Crippen molar-refractivity contribution in [1.29, 1.82) is 0 Å². The summed E-state index contributed by atoms with van der Waals surface area (Å²) >= 11 is 1.65. The molecule has 1 aliphatic rings. The van der Waals surface area contributed by atoms with E-state index in [9.17, 15) is 0 Å². The fraction of sp³-hybridized carbons (Fsp3) is 0.357. The summed E-state index contributed by atoms with van der Waals surface area (Å²) in [5.41, 5.74) is 9.69. The van der Waals surface area contributed by atoms with Crippen molar-refractivity contribution in [2.45, 2.75) is 25.3 Å². The van der Waals surface area contributed by atoms with Gasteiger partial charge in [0.05, 0.1) is 12.6 Å². The van der Waals surface area contributed by atoms with Crippen LogP contribution in [-0.2, 0) is 12.0 Å². The van der Waals surface area contributed by atoms with Gasteiger partial charge in [-0.15, -0.1) is 11.3 Å². The quantitative estimate of drug-likeness (QED) is 0.903. The fourth-order valence-electron chi connectivity index (χ4n) is 2.56. The number of benzene rings is 1. The summed E-state index contributed by atoms with van der Waals surface area (Å²) in [5.74, 6) is 0.860. The predicted molar refractivity (Wildman–Crippen MR) is 73.1 cm³/mol. The summed E-state index contributed by atoms with van der Waals surface area (Å²) in [5, 5.41) is 3.06. The molecule has 0 bridgehead atoms. The number of aromatic nitrogens is 1. The van der Waals surface area contributed by atoms with Crippen molar-refractivity contribution in [1.82, 2.24) is 4.98 Å². The first-order valence-electron chi connectivity index (χ1n) is 6.02. The van der Waals surface area contributed by atoms with E-state index in [-0.39, 0.29) is 0 Å². The minimum Gasteiger partial charge on any atom is -0.497 e. The third-order valence-electron chi connectivity index (χ3n) is 3.59.